The summed E-state index contributed by atoms with van der Waals surface area (Å²) >= 11 is 0. The fraction of sp³-hybridized carbons (Fsp3) is 0.0625. The lowest BCUT2D eigenvalue weighted by atomic mass is 10.2. The van der Waals surface area contributed by atoms with Crippen molar-refractivity contribution in [1.29, 1.82) is 0 Å². The summed E-state index contributed by atoms with van der Waals surface area (Å²) in [6.07, 6.45) is 1.60. The largest absolute Gasteiger partial charge is 0.497 e. The lowest BCUT2D eigenvalue weighted by molar-refractivity contribution is 0.414. The van der Waals surface area contributed by atoms with E-state index in [0.29, 0.717) is 22.6 Å². The van der Waals surface area contributed by atoms with Crippen molar-refractivity contribution in [2.24, 2.45) is 0 Å². The van der Waals surface area contributed by atoms with E-state index in [-0.39, 0.29) is 5.56 Å². The van der Waals surface area contributed by atoms with Crippen LogP contribution in [0.15, 0.2) is 59.7 Å². The van der Waals surface area contributed by atoms with E-state index >= 15 is 0 Å². The summed E-state index contributed by atoms with van der Waals surface area (Å²) in [5.74, 6) is 1.15. The van der Waals surface area contributed by atoms with Crippen molar-refractivity contribution in [3.05, 3.63) is 65.2 Å². The summed E-state index contributed by atoms with van der Waals surface area (Å²) in [6.45, 7) is 0. The molecule has 0 aliphatic carbocycles. The third kappa shape index (κ3) is 1.70. The third-order valence-corrected chi connectivity index (χ3v) is 3.64. The van der Waals surface area contributed by atoms with Crippen LogP contribution in [-0.4, -0.2) is 26.3 Å². The van der Waals surface area contributed by atoms with Crippen molar-refractivity contribution in [2.45, 2.75) is 0 Å². The van der Waals surface area contributed by atoms with Gasteiger partial charge in [0.15, 0.2) is 0 Å². The van der Waals surface area contributed by atoms with E-state index in [1.807, 2.05) is 36.4 Å². The maximum Gasteiger partial charge on any atom is 0.267 e. The van der Waals surface area contributed by atoms with E-state index in [4.69, 9.17) is 4.74 Å². The Morgan fingerprint density at radius 2 is 1.95 bits per heavy atom. The highest BCUT2D eigenvalue weighted by molar-refractivity contribution is 5.80. The highest BCUT2D eigenvalue weighted by Gasteiger charge is 2.13. The van der Waals surface area contributed by atoms with Crippen LogP contribution in [0.3, 0.4) is 0 Å². The van der Waals surface area contributed by atoms with E-state index in [1.54, 1.807) is 30.0 Å². The Kier molecular flexibility index (Phi) is 2.69. The lowest BCUT2D eigenvalue weighted by Gasteiger charge is -2.11. The number of para-hydroxylation sites is 1. The van der Waals surface area contributed by atoms with Gasteiger partial charge in [-0.3, -0.25) is 9.20 Å². The molecule has 2 aromatic heterocycles. The number of nitrogens with zero attached hydrogens (tertiary/aromatic N) is 4. The second-order valence-corrected chi connectivity index (χ2v) is 4.86. The smallest absolute Gasteiger partial charge is 0.267 e. The summed E-state index contributed by atoms with van der Waals surface area (Å²) in [5, 5.41) is 8.65. The molecule has 0 saturated carbocycles. The minimum atomic E-state index is -0.135. The van der Waals surface area contributed by atoms with E-state index in [1.165, 1.54) is 4.57 Å². The van der Waals surface area contributed by atoms with Crippen LogP contribution in [-0.2, 0) is 0 Å². The SMILES string of the molecule is COc1cccc(-n2c(=O)c3ccccc3n3cnnc23)c1. The standard InChI is InChI=1S/C16H12N4O2/c1-22-12-6-4-5-11(9-12)20-15(21)13-7-2-3-8-14(13)19-10-17-18-16(19)20/h2-10H,1H3. The Balaban J connectivity index is 2.18. The Labute approximate surface area is 125 Å². The predicted octanol–water partition coefficient (Wildman–Crippen LogP) is 2.04. The first kappa shape index (κ1) is 12.6. The predicted molar refractivity (Wildman–Crippen MR) is 82.6 cm³/mol. The molecule has 0 unspecified atom stereocenters. The first-order valence-corrected chi connectivity index (χ1v) is 6.77. The van der Waals surface area contributed by atoms with Gasteiger partial charge in [0.05, 0.1) is 23.7 Å². The average molecular weight is 292 g/mol. The highest BCUT2D eigenvalue weighted by Crippen LogP contribution is 2.19. The van der Waals surface area contributed by atoms with E-state index in [9.17, 15) is 4.79 Å². The molecule has 0 aliphatic rings. The fourth-order valence-corrected chi connectivity index (χ4v) is 2.61. The molecule has 6 heteroatoms. The molecule has 0 bridgehead atoms. The summed E-state index contributed by atoms with van der Waals surface area (Å²) in [6, 6.07) is 14.7. The molecule has 0 spiro atoms. The van der Waals surface area contributed by atoms with Crippen LogP contribution in [0.5, 0.6) is 5.75 Å². The Morgan fingerprint density at radius 3 is 2.82 bits per heavy atom. The van der Waals surface area contributed by atoms with Gasteiger partial charge < -0.3 is 4.74 Å². The molecule has 0 amide bonds. The Morgan fingerprint density at radius 1 is 1.09 bits per heavy atom. The van der Waals surface area contributed by atoms with Crippen LogP contribution in [0.25, 0.3) is 22.4 Å². The number of rotatable bonds is 2. The van der Waals surface area contributed by atoms with Gasteiger partial charge >= 0.3 is 0 Å². The molecule has 0 N–H and O–H groups in total. The molecule has 0 aliphatic heterocycles. The molecule has 0 radical (unpaired) electrons. The van der Waals surface area contributed by atoms with Crippen LogP contribution in [0, 0.1) is 0 Å². The van der Waals surface area contributed by atoms with Gasteiger partial charge in [-0.2, -0.15) is 0 Å². The van der Waals surface area contributed by atoms with Crippen LogP contribution in [0.1, 0.15) is 0 Å². The highest BCUT2D eigenvalue weighted by atomic mass is 16.5. The average Bonchev–Trinajstić information content (AvgIpc) is 3.05. The summed E-state index contributed by atoms with van der Waals surface area (Å²) in [5.41, 5.74) is 1.34. The quantitative estimate of drug-likeness (QED) is 0.567. The number of fused-ring (bicyclic) bond motifs is 3. The van der Waals surface area contributed by atoms with E-state index in [2.05, 4.69) is 10.2 Å². The molecule has 0 atom stereocenters. The molecular formula is C16H12N4O2. The fourth-order valence-electron chi connectivity index (χ4n) is 2.61. The zero-order valence-electron chi connectivity index (χ0n) is 11.8. The van der Waals surface area contributed by atoms with Crippen molar-refractivity contribution in [3.63, 3.8) is 0 Å². The lowest BCUT2D eigenvalue weighted by Crippen LogP contribution is -2.21. The van der Waals surface area contributed by atoms with Crippen molar-refractivity contribution in [3.8, 4) is 11.4 Å². The van der Waals surface area contributed by atoms with Crippen molar-refractivity contribution < 1.29 is 4.74 Å². The molecule has 22 heavy (non-hydrogen) atoms. The van der Waals surface area contributed by atoms with Crippen LogP contribution < -0.4 is 10.3 Å². The summed E-state index contributed by atoms with van der Waals surface area (Å²) < 4.78 is 8.58. The van der Waals surface area contributed by atoms with Crippen molar-refractivity contribution in [2.75, 3.05) is 7.11 Å². The van der Waals surface area contributed by atoms with Gasteiger partial charge in [0.1, 0.15) is 12.1 Å². The van der Waals surface area contributed by atoms with Gasteiger partial charge in [0.25, 0.3) is 5.56 Å². The normalized spacial score (nSPS) is 11.1. The molecule has 108 valence electrons. The molecule has 2 heterocycles. The van der Waals surface area contributed by atoms with E-state index in [0.717, 1.165) is 5.52 Å². The number of hydrogen-bond acceptors (Lipinski definition) is 4. The molecule has 0 saturated heterocycles. The molecule has 4 aromatic rings. The van der Waals surface area contributed by atoms with E-state index < -0.39 is 0 Å². The van der Waals surface area contributed by atoms with Gasteiger partial charge in [0, 0.05) is 6.07 Å². The Bertz CT molecular complexity index is 1050. The molecule has 0 fully saturated rings. The van der Waals surface area contributed by atoms with Crippen molar-refractivity contribution >= 4 is 16.7 Å². The first-order valence-electron chi connectivity index (χ1n) is 6.77. The van der Waals surface area contributed by atoms with Crippen molar-refractivity contribution in [1.82, 2.24) is 19.2 Å². The number of benzene rings is 2. The topological polar surface area (TPSA) is 61.4 Å². The number of aromatic nitrogens is 4. The van der Waals surface area contributed by atoms with Gasteiger partial charge in [-0.05, 0) is 24.3 Å². The van der Waals surface area contributed by atoms with Crippen LogP contribution >= 0.6 is 0 Å². The van der Waals surface area contributed by atoms with Gasteiger partial charge in [0.2, 0.25) is 5.78 Å². The third-order valence-electron chi connectivity index (χ3n) is 3.64. The first-order chi connectivity index (χ1) is 10.8. The van der Waals surface area contributed by atoms with Gasteiger partial charge in [-0.15, -0.1) is 10.2 Å². The monoisotopic (exact) mass is 292 g/mol. The second kappa shape index (κ2) is 4.70. The number of methoxy groups -OCH3 is 1. The van der Waals surface area contributed by atoms with Crippen LogP contribution in [0.4, 0.5) is 0 Å². The summed E-state index contributed by atoms with van der Waals surface area (Å²) in [7, 11) is 1.59. The van der Waals surface area contributed by atoms with Gasteiger partial charge in [-0.1, -0.05) is 18.2 Å². The van der Waals surface area contributed by atoms with Gasteiger partial charge in [-0.25, -0.2) is 4.57 Å². The number of ether oxygens (including phenoxy) is 1. The Hall–Kier alpha value is -3.15. The molecular weight excluding hydrogens is 280 g/mol. The molecule has 2 aromatic carbocycles. The minimum Gasteiger partial charge on any atom is -0.497 e. The zero-order chi connectivity index (χ0) is 15.1. The molecule has 4 rings (SSSR count). The minimum absolute atomic E-state index is 0.135. The second-order valence-electron chi connectivity index (χ2n) is 4.86. The number of hydrogen-bond donors (Lipinski definition) is 0. The summed E-state index contributed by atoms with van der Waals surface area (Å²) in [4.78, 5) is 12.9. The molecule has 6 nitrogen and oxygen atoms in total. The van der Waals surface area contributed by atoms with Crippen LogP contribution in [0.2, 0.25) is 0 Å². The zero-order valence-corrected chi connectivity index (χ0v) is 11.8. The maximum atomic E-state index is 12.9. The maximum absolute atomic E-state index is 12.9.